The lowest BCUT2D eigenvalue weighted by Gasteiger charge is -2.33. The number of anilines is 2. The predicted octanol–water partition coefficient (Wildman–Crippen LogP) is 3.22. The first-order chi connectivity index (χ1) is 12.1. The van der Waals surface area contributed by atoms with Gasteiger partial charge in [-0.15, -0.1) is 0 Å². The van der Waals surface area contributed by atoms with Crippen molar-refractivity contribution in [2.45, 2.75) is 19.4 Å². The Balaban J connectivity index is 1.75. The van der Waals surface area contributed by atoms with Crippen LogP contribution in [0.15, 0.2) is 35.1 Å². The largest absolute Gasteiger partial charge is 0.396 e. The van der Waals surface area contributed by atoms with E-state index in [1.54, 1.807) is 18.5 Å². The maximum atomic E-state index is 14.0. The first-order valence-corrected chi connectivity index (χ1v) is 9.19. The molecule has 0 aliphatic carbocycles. The highest BCUT2D eigenvalue weighted by Gasteiger charge is 2.21. The number of halogens is 2. The summed E-state index contributed by atoms with van der Waals surface area (Å²) in [6.07, 6.45) is 3.64. The minimum Gasteiger partial charge on any atom is -0.396 e. The third kappa shape index (κ3) is 4.46. The minimum atomic E-state index is -0.230. The monoisotopic (exact) mass is 408 g/mol. The van der Waals surface area contributed by atoms with Crippen molar-refractivity contribution < 1.29 is 9.50 Å². The normalized spacial score (nSPS) is 17.6. The zero-order valence-electron chi connectivity index (χ0n) is 14.2. The molecular formula is C18H22BrFN4O. The van der Waals surface area contributed by atoms with Crippen LogP contribution in [0.2, 0.25) is 0 Å². The number of nitrogens with zero attached hydrogens (tertiary/aromatic N) is 4. The molecule has 1 unspecified atom stereocenters. The van der Waals surface area contributed by atoms with Crippen molar-refractivity contribution in [3.63, 3.8) is 0 Å². The Hall–Kier alpha value is -1.73. The van der Waals surface area contributed by atoms with Crippen LogP contribution in [0.3, 0.4) is 0 Å². The molecule has 1 saturated heterocycles. The van der Waals surface area contributed by atoms with Gasteiger partial charge in [0.2, 0.25) is 0 Å². The molecule has 1 aromatic heterocycles. The van der Waals surface area contributed by atoms with E-state index in [2.05, 4.69) is 30.8 Å². The molecular weight excluding hydrogens is 387 g/mol. The Labute approximate surface area is 155 Å². The molecule has 1 aliphatic rings. The van der Waals surface area contributed by atoms with Crippen LogP contribution in [-0.4, -0.2) is 41.8 Å². The maximum absolute atomic E-state index is 14.0. The lowest BCUT2D eigenvalue weighted by Crippen LogP contribution is -2.37. The summed E-state index contributed by atoms with van der Waals surface area (Å²) in [5.41, 5.74) is 0.607. The molecule has 1 atom stereocenters. The second-order valence-electron chi connectivity index (χ2n) is 6.46. The highest BCUT2D eigenvalue weighted by atomic mass is 79.9. The molecule has 1 fully saturated rings. The van der Waals surface area contributed by atoms with Crippen molar-refractivity contribution in [2.24, 2.45) is 5.92 Å². The minimum absolute atomic E-state index is 0.205. The highest BCUT2D eigenvalue weighted by Crippen LogP contribution is 2.24. The van der Waals surface area contributed by atoms with Gasteiger partial charge in [-0.05, 0) is 37.0 Å². The van der Waals surface area contributed by atoms with Crippen LogP contribution >= 0.6 is 15.9 Å². The molecule has 134 valence electrons. The first kappa shape index (κ1) is 18.1. The fourth-order valence-electron chi connectivity index (χ4n) is 3.14. The molecule has 3 rings (SSSR count). The lowest BCUT2D eigenvalue weighted by atomic mass is 9.99. The van der Waals surface area contributed by atoms with Crippen molar-refractivity contribution in [3.05, 3.63) is 46.4 Å². The Bertz CT molecular complexity index is 730. The second kappa shape index (κ2) is 8.10. The van der Waals surface area contributed by atoms with Crippen LogP contribution in [0, 0.1) is 11.7 Å². The van der Waals surface area contributed by atoms with E-state index in [4.69, 9.17) is 0 Å². The zero-order valence-corrected chi connectivity index (χ0v) is 15.8. The molecule has 2 heterocycles. The van der Waals surface area contributed by atoms with Crippen molar-refractivity contribution in [3.8, 4) is 0 Å². The average molecular weight is 409 g/mol. The first-order valence-electron chi connectivity index (χ1n) is 8.39. The molecule has 0 radical (unpaired) electrons. The summed E-state index contributed by atoms with van der Waals surface area (Å²) in [6, 6.07) is 6.86. The molecule has 7 heteroatoms. The van der Waals surface area contributed by atoms with E-state index in [1.807, 2.05) is 18.0 Å². The van der Waals surface area contributed by atoms with Gasteiger partial charge in [0.25, 0.3) is 0 Å². The molecule has 25 heavy (non-hydrogen) atoms. The fourth-order valence-corrected chi connectivity index (χ4v) is 3.55. The van der Waals surface area contributed by atoms with Crippen LogP contribution < -0.4 is 9.80 Å². The Morgan fingerprint density at radius 3 is 3.00 bits per heavy atom. The summed E-state index contributed by atoms with van der Waals surface area (Å²) in [5, 5.41) is 9.40. The van der Waals surface area contributed by atoms with Gasteiger partial charge in [0.1, 0.15) is 23.8 Å². The maximum Gasteiger partial charge on any atom is 0.134 e. The van der Waals surface area contributed by atoms with Crippen LogP contribution in [-0.2, 0) is 6.54 Å². The van der Waals surface area contributed by atoms with Crippen molar-refractivity contribution in [1.82, 2.24) is 9.97 Å². The summed E-state index contributed by atoms with van der Waals surface area (Å²) >= 11 is 3.38. The van der Waals surface area contributed by atoms with Gasteiger partial charge >= 0.3 is 0 Å². The average Bonchev–Trinajstić information content (AvgIpc) is 2.65. The van der Waals surface area contributed by atoms with Crippen molar-refractivity contribution >= 4 is 27.6 Å². The Kier molecular flexibility index (Phi) is 5.86. The number of hydrogen-bond acceptors (Lipinski definition) is 5. The second-order valence-corrected chi connectivity index (χ2v) is 7.38. The number of aliphatic hydroxyl groups is 1. The molecule has 5 nitrogen and oxygen atoms in total. The van der Waals surface area contributed by atoms with Crippen LogP contribution in [0.1, 0.15) is 18.4 Å². The smallest absolute Gasteiger partial charge is 0.134 e. The standard InChI is InChI=1S/C18H22BrFN4O/c1-23(10-14-7-15(19)4-5-16(14)20)17-8-18(22-12-21-17)24-6-2-3-13(9-24)11-25/h4-5,7-8,12-13,25H,2-3,6,9-11H2,1H3. The molecule has 0 spiro atoms. The number of hydrogen-bond donors (Lipinski definition) is 1. The van der Waals surface area contributed by atoms with Gasteiger partial charge in [0.05, 0.1) is 0 Å². The van der Waals surface area contributed by atoms with E-state index < -0.39 is 0 Å². The molecule has 0 amide bonds. The van der Waals surface area contributed by atoms with Crippen LogP contribution in [0.25, 0.3) is 0 Å². The molecule has 1 aromatic carbocycles. The summed E-state index contributed by atoms with van der Waals surface area (Å²) < 4.78 is 14.8. The lowest BCUT2D eigenvalue weighted by molar-refractivity contribution is 0.208. The van der Waals surface area contributed by atoms with Crippen molar-refractivity contribution in [1.29, 1.82) is 0 Å². The van der Waals surface area contributed by atoms with Gasteiger partial charge in [-0.3, -0.25) is 0 Å². The number of benzene rings is 1. The third-order valence-corrected chi connectivity index (χ3v) is 5.04. The molecule has 0 saturated carbocycles. The van der Waals surface area contributed by atoms with Gasteiger partial charge in [-0.25, -0.2) is 14.4 Å². The molecule has 2 aromatic rings. The van der Waals surface area contributed by atoms with Gasteiger partial charge in [0.15, 0.2) is 0 Å². The summed E-state index contributed by atoms with van der Waals surface area (Å²) in [4.78, 5) is 12.8. The topological polar surface area (TPSA) is 52.5 Å². The molecule has 1 aliphatic heterocycles. The van der Waals surface area contributed by atoms with E-state index in [0.29, 0.717) is 18.0 Å². The quantitative estimate of drug-likeness (QED) is 0.822. The van der Waals surface area contributed by atoms with E-state index in [1.165, 1.54) is 6.07 Å². The number of rotatable bonds is 5. The van der Waals surface area contributed by atoms with Gasteiger partial charge < -0.3 is 14.9 Å². The van der Waals surface area contributed by atoms with Gasteiger partial charge in [-0.2, -0.15) is 0 Å². The van der Waals surface area contributed by atoms with E-state index >= 15 is 0 Å². The Morgan fingerprint density at radius 1 is 1.36 bits per heavy atom. The highest BCUT2D eigenvalue weighted by molar-refractivity contribution is 9.10. The van der Waals surface area contributed by atoms with E-state index in [-0.39, 0.29) is 12.4 Å². The van der Waals surface area contributed by atoms with E-state index in [0.717, 1.165) is 42.0 Å². The predicted molar refractivity (Wildman–Crippen MR) is 100 cm³/mol. The van der Waals surface area contributed by atoms with Crippen LogP contribution in [0.4, 0.5) is 16.0 Å². The molecule has 1 N–H and O–H groups in total. The summed E-state index contributed by atoms with van der Waals surface area (Å²) in [6.45, 7) is 2.35. The fraction of sp³-hybridized carbons (Fsp3) is 0.444. The number of aromatic nitrogens is 2. The third-order valence-electron chi connectivity index (χ3n) is 4.55. The summed E-state index contributed by atoms with van der Waals surface area (Å²) in [5.74, 6) is 1.66. The van der Waals surface area contributed by atoms with Gasteiger partial charge in [-0.1, -0.05) is 15.9 Å². The van der Waals surface area contributed by atoms with Crippen molar-refractivity contribution in [2.75, 3.05) is 36.5 Å². The van der Waals surface area contributed by atoms with Gasteiger partial charge in [0, 0.05) is 49.4 Å². The number of piperidine rings is 1. The molecule has 0 bridgehead atoms. The van der Waals surface area contributed by atoms with E-state index in [9.17, 15) is 9.50 Å². The SMILES string of the molecule is CN(Cc1cc(Br)ccc1F)c1cc(N2CCCC(CO)C2)ncn1. The summed E-state index contributed by atoms with van der Waals surface area (Å²) in [7, 11) is 1.89. The number of aliphatic hydroxyl groups excluding tert-OH is 1. The zero-order chi connectivity index (χ0) is 17.8. The Morgan fingerprint density at radius 2 is 2.20 bits per heavy atom. The van der Waals surface area contributed by atoms with Crippen LogP contribution in [0.5, 0.6) is 0 Å².